The Hall–Kier alpha value is -2.87. The molecule has 156 valence electrons. The van der Waals surface area contributed by atoms with Gasteiger partial charge in [-0.05, 0) is 69.2 Å². The Kier molecular flexibility index (Phi) is 7.39. The summed E-state index contributed by atoms with van der Waals surface area (Å²) in [4.78, 5) is 12.4. The number of amides is 1. The zero-order valence-electron chi connectivity index (χ0n) is 17.4. The molecule has 0 aliphatic heterocycles. The van der Waals surface area contributed by atoms with Crippen LogP contribution in [0.1, 0.15) is 30.5 Å². The van der Waals surface area contributed by atoms with E-state index >= 15 is 0 Å². The molecule has 0 unspecified atom stereocenters. The summed E-state index contributed by atoms with van der Waals surface area (Å²) in [5.74, 6) is 0.228. The van der Waals surface area contributed by atoms with Gasteiger partial charge in [0.25, 0.3) is 5.91 Å². The van der Waals surface area contributed by atoms with E-state index in [1.165, 1.54) is 0 Å². The SMILES string of the molecule is CCOc1ccc(/C(C)=N\NC(=O)CN(c2ccc(C)cc2C)S(C)(=O)=O)cc1. The van der Waals surface area contributed by atoms with Gasteiger partial charge in [-0.15, -0.1) is 0 Å². The second-order valence-corrected chi connectivity index (χ2v) is 8.66. The minimum absolute atomic E-state index is 0.358. The first-order chi connectivity index (χ1) is 13.6. The fraction of sp³-hybridized carbons (Fsp3) is 0.333. The van der Waals surface area contributed by atoms with Crippen LogP contribution in [0, 0.1) is 13.8 Å². The van der Waals surface area contributed by atoms with Crippen molar-refractivity contribution in [2.75, 3.05) is 23.7 Å². The predicted molar refractivity (Wildman–Crippen MR) is 116 cm³/mol. The molecule has 1 amide bonds. The first kappa shape index (κ1) is 22.4. The van der Waals surface area contributed by atoms with Gasteiger partial charge >= 0.3 is 0 Å². The number of benzene rings is 2. The highest BCUT2D eigenvalue weighted by Gasteiger charge is 2.22. The molecule has 7 nitrogen and oxygen atoms in total. The highest BCUT2D eigenvalue weighted by Crippen LogP contribution is 2.23. The van der Waals surface area contributed by atoms with Crippen molar-refractivity contribution < 1.29 is 17.9 Å². The topological polar surface area (TPSA) is 88.1 Å². The van der Waals surface area contributed by atoms with Crippen LogP contribution in [0.25, 0.3) is 0 Å². The number of aryl methyl sites for hydroxylation is 2. The average molecular weight is 418 g/mol. The van der Waals surface area contributed by atoms with Crippen molar-refractivity contribution in [3.63, 3.8) is 0 Å². The van der Waals surface area contributed by atoms with Gasteiger partial charge in [0, 0.05) is 0 Å². The third-order valence-corrected chi connectivity index (χ3v) is 5.37. The van der Waals surface area contributed by atoms with Crippen molar-refractivity contribution in [1.29, 1.82) is 0 Å². The van der Waals surface area contributed by atoms with Crippen molar-refractivity contribution in [1.82, 2.24) is 5.43 Å². The molecule has 1 N–H and O–H groups in total. The van der Waals surface area contributed by atoms with Gasteiger partial charge in [0.15, 0.2) is 0 Å². The Bertz CT molecular complexity index is 999. The molecule has 0 aromatic heterocycles. The molecule has 0 saturated heterocycles. The first-order valence-electron chi connectivity index (χ1n) is 9.23. The van der Waals surface area contributed by atoms with Crippen LogP contribution in [0.2, 0.25) is 0 Å². The minimum atomic E-state index is -3.64. The van der Waals surface area contributed by atoms with Gasteiger partial charge in [0.05, 0.1) is 24.3 Å². The second-order valence-electron chi connectivity index (χ2n) is 6.75. The van der Waals surface area contributed by atoms with E-state index in [1.807, 2.05) is 57.2 Å². The van der Waals surface area contributed by atoms with Crippen molar-refractivity contribution in [3.05, 3.63) is 59.2 Å². The monoisotopic (exact) mass is 417 g/mol. The van der Waals surface area contributed by atoms with E-state index in [2.05, 4.69) is 10.5 Å². The van der Waals surface area contributed by atoms with Crippen molar-refractivity contribution in [3.8, 4) is 5.75 Å². The zero-order valence-corrected chi connectivity index (χ0v) is 18.2. The smallest absolute Gasteiger partial charge is 0.260 e. The van der Waals surface area contributed by atoms with Crippen LogP contribution in [0.3, 0.4) is 0 Å². The van der Waals surface area contributed by atoms with Gasteiger partial charge in [0.2, 0.25) is 10.0 Å². The largest absolute Gasteiger partial charge is 0.494 e. The molecular weight excluding hydrogens is 390 g/mol. The lowest BCUT2D eigenvalue weighted by Crippen LogP contribution is -2.39. The van der Waals surface area contributed by atoms with Gasteiger partial charge in [0.1, 0.15) is 12.3 Å². The van der Waals surface area contributed by atoms with E-state index in [4.69, 9.17) is 4.74 Å². The van der Waals surface area contributed by atoms with Crippen molar-refractivity contribution in [2.45, 2.75) is 27.7 Å². The van der Waals surface area contributed by atoms with Gasteiger partial charge in [-0.2, -0.15) is 5.10 Å². The van der Waals surface area contributed by atoms with E-state index < -0.39 is 15.9 Å². The Labute approximate surface area is 172 Å². The molecule has 8 heteroatoms. The number of carbonyl (C=O) groups is 1. The van der Waals surface area contributed by atoms with Crippen LogP contribution in [0.4, 0.5) is 5.69 Å². The van der Waals surface area contributed by atoms with Crippen molar-refractivity contribution >= 4 is 27.3 Å². The number of carbonyl (C=O) groups excluding carboxylic acids is 1. The maximum atomic E-state index is 12.4. The third-order valence-electron chi connectivity index (χ3n) is 4.24. The van der Waals surface area contributed by atoms with Crippen LogP contribution < -0.4 is 14.5 Å². The summed E-state index contributed by atoms with van der Waals surface area (Å²) in [6.07, 6.45) is 1.08. The molecule has 0 saturated carbocycles. The van der Waals surface area contributed by atoms with E-state index in [9.17, 15) is 13.2 Å². The summed E-state index contributed by atoms with van der Waals surface area (Å²) in [5.41, 5.74) is 6.12. The van der Waals surface area contributed by atoms with Crippen LogP contribution in [-0.4, -0.2) is 39.4 Å². The molecular formula is C21H27N3O4S. The summed E-state index contributed by atoms with van der Waals surface area (Å²) in [7, 11) is -3.64. The van der Waals surface area contributed by atoms with Crippen LogP contribution in [0.15, 0.2) is 47.6 Å². The summed E-state index contributed by atoms with van der Waals surface area (Å²) < 4.78 is 31.0. The first-order valence-corrected chi connectivity index (χ1v) is 11.1. The minimum Gasteiger partial charge on any atom is -0.494 e. The molecule has 2 aromatic carbocycles. The Morgan fingerprint density at radius 3 is 2.34 bits per heavy atom. The Morgan fingerprint density at radius 1 is 1.14 bits per heavy atom. The number of rotatable bonds is 8. The van der Waals surface area contributed by atoms with E-state index in [1.54, 1.807) is 13.0 Å². The lowest BCUT2D eigenvalue weighted by Gasteiger charge is -2.23. The number of hydrogen-bond acceptors (Lipinski definition) is 5. The van der Waals surface area contributed by atoms with Crippen LogP contribution in [-0.2, 0) is 14.8 Å². The molecule has 0 atom stereocenters. The van der Waals surface area contributed by atoms with Gasteiger partial charge in [-0.25, -0.2) is 13.8 Å². The molecule has 0 bridgehead atoms. The van der Waals surface area contributed by atoms with E-state index in [0.717, 1.165) is 33.0 Å². The fourth-order valence-electron chi connectivity index (χ4n) is 2.80. The maximum absolute atomic E-state index is 12.4. The molecule has 0 aliphatic carbocycles. The normalized spacial score (nSPS) is 11.8. The number of nitrogens with zero attached hydrogens (tertiary/aromatic N) is 2. The number of ether oxygens (including phenoxy) is 1. The lowest BCUT2D eigenvalue weighted by molar-refractivity contribution is -0.119. The highest BCUT2D eigenvalue weighted by atomic mass is 32.2. The second kappa shape index (κ2) is 9.56. The highest BCUT2D eigenvalue weighted by molar-refractivity contribution is 7.92. The molecule has 0 heterocycles. The Balaban J connectivity index is 2.12. The number of hydrogen-bond donors (Lipinski definition) is 1. The van der Waals surface area contributed by atoms with Crippen LogP contribution in [0.5, 0.6) is 5.75 Å². The molecule has 0 fully saturated rings. The van der Waals surface area contributed by atoms with Gasteiger partial charge < -0.3 is 4.74 Å². The summed E-state index contributed by atoms with van der Waals surface area (Å²) >= 11 is 0. The molecule has 29 heavy (non-hydrogen) atoms. The summed E-state index contributed by atoms with van der Waals surface area (Å²) in [6, 6.07) is 12.7. The van der Waals surface area contributed by atoms with Gasteiger partial charge in [-0.1, -0.05) is 17.7 Å². The van der Waals surface area contributed by atoms with Crippen molar-refractivity contribution in [2.24, 2.45) is 5.10 Å². The molecule has 0 radical (unpaired) electrons. The molecule has 2 rings (SSSR count). The fourth-order valence-corrected chi connectivity index (χ4v) is 3.72. The quantitative estimate of drug-likeness (QED) is 0.528. The molecule has 0 aliphatic rings. The zero-order chi connectivity index (χ0) is 21.6. The summed E-state index contributed by atoms with van der Waals surface area (Å²) in [5, 5.41) is 4.09. The van der Waals surface area contributed by atoms with Crippen LogP contribution >= 0.6 is 0 Å². The third kappa shape index (κ3) is 6.32. The summed E-state index contributed by atoms with van der Waals surface area (Å²) in [6.45, 7) is 7.63. The van der Waals surface area contributed by atoms with Gasteiger partial charge in [-0.3, -0.25) is 9.10 Å². The Morgan fingerprint density at radius 2 is 1.79 bits per heavy atom. The maximum Gasteiger partial charge on any atom is 0.260 e. The van der Waals surface area contributed by atoms with E-state index in [0.29, 0.717) is 18.0 Å². The predicted octanol–water partition coefficient (Wildman–Crippen LogP) is 3.01. The molecule has 0 spiro atoms. The average Bonchev–Trinajstić information content (AvgIpc) is 2.65. The number of nitrogens with one attached hydrogen (secondary N) is 1. The number of anilines is 1. The molecule has 2 aromatic rings. The van der Waals surface area contributed by atoms with E-state index in [-0.39, 0.29) is 6.54 Å². The lowest BCUT2D eigenvalue weighted by atomic mass is 10.1. The standard InChI is InChI=1S/C21H27N3O4S/c1-6-28-19-10-8-18(9-11-19)17(4)22-23-21(25)14-24(29(5,26)27)20-12-7-15(2)13-16(20)3/h7-13H,6,14H2,1-5H3,(H,23,25)/b22-17-. The number of hydrazone groups is 1. The number of sulfonamides is 1.